The van der Waals surface area contributed by atoms with Gasteiger partial charge in [0.05, 0.1) is 11.9 Å². The van der Waals surface area contributed by atoms with Crippen LogP contribution in [0.25, 0.3) is 22.8 Å². The van der Waals surface area contributed by atoms with Gasteiger partial charge in [-0.1, -0.05) is 0 Å². The average molecular weight is 384 g/mol. The van der Waals surface area contributed by atoms with Crippen molar-refractivity contribution in [3.05, 3.63) is 71.6 Å². The Balaban J connectivity index is 1.49. The molecule has 27 heavy (non-hydrogen) atoms. The number of benzene rings is 1. The molecule has 0 saturated carbocycles. The molecular formula is C18H10F2N4O2S. The Morgan fingerprint density at radius 3 is 2.63 bits per heavy atom. The number of nitrogens with zero attached hydrogens (tertiary/aromatic N) is 3. The van der Waals surface area contributed by atoms with E-state index in [9.17, 15) is 13.6 Å². The molecule has 1 aromatic carbocycles. The Kier molecular flexibility index (Phi) is 4.43. The lowest BCUT2D eigenvalue weighted by Gasteiger charge is -1.98. The summed E-state index contributed by atoms with van der Waals surface area (Å²) in [5, 5.41) is 4.55. The number of aromatic nitrogens is 3. The van der Waals surface area contributed by atoms with Gasteiger partial charge in [-0.3, -0.25) is 15.1 Å². The van der Waals surface area contributed by atoms with Gasteiger partial charge in [0.2, 0.25) is 11.7 Å². The second-order valence-corrected chi connectivity index (χ2v) is 6.25. The van der Waals surface area contributed by atoms with Crippen LogP contribution in [0.15, 0.2) is 58.6 Å². The summed E-state index contributed by atoms with van der Waals surface area (Å²) in [6.07, 6.45) is 2.62. The molecule has 1 N–H and O–H groups in total. The Hall–Kier alpha value is -3.46. The normalized spacial score (nSPS) is 10.7. The van der Waals surface area contributed by atoms with Gasteiger partial charge < -0.3 is 4.42 Å². The molecule has 3 aromatic heterocycles. The molecule has 0 bridgehead atoms. The molecule has 4 rings (SSSR count). The number of amides is 1. The number of carbonyl (C=O) groups is 1. The zero-order valence-corrected chi connectivity index (χ0v) is 14.3. The van der Waals surface area contributed by atoms with Gasteiger partial charge in [0.1, 0.15) is 17.3 Å². The fourth-order valence-corrected chi connectivity index (χ4v) is 2.96. The summed E-state index contributed by atoms with van der Waals surface area (Å²) in [5.74, 6) is -1.16. The van der Waals surface area contributed by atoms with Crippen molar-refractivity contribution in [2.75, 3.05) is 5.32 Å². The molecule has 134 valence electrons. The molecule has 6 nitrogen and oxygen atoms in total. The fraction of sp³-hybridized carbons (Fsp3) is 0. The van der Waals surface area contributed by atoms with Gasteiger partial charge in [0.25, 0.3) is 5.91 Å². The van der Waals surface area contributed by atoms with Crippen LogP contribution in [0.2, 0.25) is 0 Å². The van der Waals surface area contributed by atoms with E-state index in [1.54, 1.807) is 5.38 Å². The van der Waals surface area contributed by atoms with Crippen molar-refractivity contribution in [1.29, 1.82) is 0 Å². The summed E-state index contributed by atoms with van der Waals surface area (Å²) in [6.45, 7) is 0. The van der Waals surface area contributed by atoms with Crippen molar-refractivity contribution >= 4 is 22.4 Å². The fourth-order valence-electron chi connectivity index (χ4n) is 2.26. The second-order valence-electron chi connectivity index (χ2n) is 5.39. The first-order chi connectivity index (χ1) is 13.1. The van der Waals surface area contributed by atoms with Crippen LogP contribution in [0, 0.1) is 11.6 Å². The molecule has 4 aromatic rings. The Morgan fingerprint density at radius 2 is 1.85 bits per heavy atom. The van der Waals surface area contributed by atoms with Gasteiger partial charge >= 0.3 is 0 Å². The van der Waals surface area contributed by atoms with Crippen molar-refractivity contribution in [3.63, 3.8) is 0 Å². The van der Waals surface area contributed by atoms with Crippen LogP contribution in [0.1, 0.15) is 10.6 Å². The van der Waals surface area contributed by atoms with Crippen molar-refractivity contribution in [1.82, 2.24) is 15.0 Å². The van der Waals surface area contributed by atoms with E-state index in [0.717, 1.165) is 0 Å². The van der Waals surface area contributed by atoms with Gasteiger partial charge in [-0.25, -0.2) is 18.7 Å². The minimum atomic E-state index is -0.538. The molecule has 9 heteroatoms. The summed E-state index contributed by atoms with van der Waals surface area (Å²) in [6, 6.07) is 8.05. The SMILES string of the molecule is O=C(Nc1nc(-c2cc(F)ccn2)cs1)c1cnc(-c2ccc(F)cc2)o1. The number of halogens is 2. The number of thiazole rings is 1. The second kappa shape index (κ2) is 7.04. The molecule has 0 aliphatic heterocycles. The lowest BCUT2D eigenvalue weighted by atomic mass is 10.2. The predicted molar refractivity (Wildman–Crippen MR) is 95.2 cm³/mol. The summed E-state index contributed by atoms with van der Waals surface area (Å²) in [5.41, 5.74) is 1.36. The molecule has 0 aliphatic rings. The topological polar surface area (TPSA) is 80.9 Å². The summed E-state index contributed by atoms with van der Waals surface area (Å²) < 4.78 is 31.7. The molecule has 0 fully saturated rings. The summed E-state index contributed by atoms with van der Waals surface area (Å²) in [4.78, 5) is 24.6. The average Bonchev–Trinajstić information content (AvgIpc) is 3.32. The van der Waals surface area contributed by atoms with Gasteiger partial charge in [-0.15, -0.1) is 11.3 Å². The van der Waals surface area contributed by atoms with Gasteiger partial charge in [0, 0.05) is 23.2 Å². The monoisotopic (exact) mass is 384 g/mol. The van der Waals surface area contributed by atoms with Gasteiger partial charge in [-0.2, -0.15) is 0 Å². The first-order valence-electron chi connectivity index (χ1n) is 7.69. The number of hydrogen-bond donors (Lipinski definition) is 1. The Labute approximate surface area is 155 Å². The van der Waals surface area contributed by atoms with E-state index in [-0.39, 0.29) is 17.5 Å². The molecule has 3 heterocycles. The number of carbonyl (C=O) groups excluding carboxylic acids is 1. The van der Waals surface area contributed by atoms with E-state index < -0.39 is 11.7 Å². The maximum atomic E-state index is 13.3. The van der Waals surface area contributed by atoms with Crippen LogP contribution in [0.3, 0.4) is 0 Å². The molecule has 0 saturated heterocycles. The smallest absolute Gasteiger partial charge is 0.294 e. The van der Waals surface area contributed by atoms with E-state index in [1.807, 2.05) is 0 Å². The standard InChI is InChI=1S/C18H10F2N4O2S/c19-11-3-1-10(2-4-11)17-22-8-15(26-17)16(25)24-18-23-14(9-27-18)13-7-12(20)5-6-21-13/h1-9H,(H,23,24,25). The largest absolute Gasteiger partial charge is 0.431 e. The van der Waals surface area contributed by atoms with Gasteiger partial charge in [-0.05, 0) is 30.3 Å². The molecule has 0 radical (unpaired) electrons. The molecule has 1 amide bonds. The van der Waals surface area contributed by atoms with E-state index >= 15 is 0 Å². The first-order valence-corrected chi connectivity index (χ1v) is 8.57. The van der Waals surface area contributed by atoms with Crippen LogP contribution in [0.5, 0.6) is 0 Å². The highest BCUT2D eigenvalue weighted by atomic mass is 32.1. The van der Waals surface area contributed by atoms with E-state index in [2.05, 4.69) is 20.3 Å². The lowest BCUT2D eigenvalue weighted by Crippen LogP contribution is -2.10. The first kappa shape index (κ1) is 17.0. The number of pyridine rings is 1. The highest BCUT2D eigenvalue weighted by molar-refractivity contribution is 7.14. The van der Waals surface area contributed by atoms with E-state index in [4.69, 9.17) is 4.42 Å². The summed E-state index contributed by atoms with van der Waals surface area (Å²) >= 11 is 1.17. The van der Waals surface area contributed by atoms with Crippen molar-refractivity contribution < 1.29 is 18.0 Å². The summed E-state index contributed by atoms with van der Waals surface area (Å²) in [7, 11) is 0. The third-order valence-electron chi connectivity index (χ3n) is 3.53. The molecule has 0 unspecified atom stereocenters. The van der Waals surface area contributed by atoms with Gasteiger partial charge in [0.15, 0.2) is 5.13 Å². The number of nitrogens with one attached hydrogen (secondary N) is 1. The zero-order valence-electron chi connectivity index (χ0n) is 13.5. The minimum absolute atomic E-state index is 0.0186. The maximum absolute atomic E-state index is 13.3. The van der Waals surface area contributed by atoms with E-state index in [0.29, 0.717) is 22.1 Å². The predicted octanol–water partition coefficient (Wildman–Crippen LogP) is 4.39. The van der Waals surface area contributed by atoms with Crippen molar-refractivity contribution in [2.45, 2.75) is 0 Å². The van der Waals surface area contributed by atoms with Crippen molar-refractivity contribution in [2.24, 2.45) is 0 Å². The number of anilines is 1. The Morgan fingerprint density at radius 1 is 1.04 bits per heavy atom. The van der Waals surface area contributed by atoms with Crippen LogP contribution in [-0.2, 0) is 0 Å². The third kappa shape index (κ3) is 3.72. The maximum Gasteiger partial charge on any atom is 0.294 e. The highest BCUT2D eigenvalue weighted by Gasteiger charge is 2.16. The number of rotatable bonds is 4. The van der Waals surface area contributed by atoms with Crippen LogP contribution < -0.4 is 5.32 Å². The molecule has 0 spiro atoms. The van der Waals surface area contributed by atoms with Crippen molar-refractivity contribution in [3.8, 4) is 22.8 Å². The highest BCUT2D eigenvalue weighted by Crippen LogP contribution is 2.25. The Bertz CT molecular complexity index is 1110. The number of hydrogen-bond acceptors (Lipinski definition) is 6. The molecule has 0 atom stereocenters. The third-order valence-corrected chi connectivity index (χ3v) is 4.29. The number of oxazole rings is 1. The van der Waals surface area contributed by atoms with E-state index in [1.165, 1.54) is 60.1 Å². The quantitative estimate of drug-likeness (QED) is 0.564. The van der Waals surface area contributed by atoms with Crippen LogP contribution in [0.4, 0.5) is 13.9 Å². The molecular weight excluding hydrogens is 374 g/mol. The molecule has 0 aliphatic carbocycles. The lowest BCUT2D eigenvalue weighted by molar-refractivity contribution is 0.0997. The minimum Gasteiger partial charge on any atom is -0.431 e. The van der Waals surface area contributed by atoms with Crippen LogP contribution in [-0.4, -0.2) is 20.9 Å². The van der Waals surface area contributed by atoms with Crippen LogP contribution >= 0.6 is 11.3 Å². The zero-order chi connectivity index (χ0) is 18.8.